The molecule has 9 heteroatoms. The van der Waals surface area contributed by atoms with Crippen LogP contribution in [0.4, 0.5) is 10.1 Å². The number of halogens is 1. The number of hydrogen-bond acceptors (Lipinski definition) is 4. The van der Waals surface area contributed by atoms with Crippen molar-refractivity contribution in [1.82, 2.24) is 9.80 Å². The fourth-order valence-electron chi connectivity index (χ4n) is 3.11. The van der Waals surface area contributed by atoms with Gasteiger partial charge in [0.1, 0.15) is 5.82 Å². The zero-order valence-electron chi connectivity index (χ0n) is 16.0. The number of carbonyl (C=O) groups excluding carboxylic acids is 2. The lowest BCUT2D eigenvalue weighted by atomic mass is 10.2. The molecule has 0 saturated carbocycles. The van der Waals surface area contributed by atoms with E-state index in [9.17, 15) is 22.4 Å². The van der Waals surface area contributed by atoms with Crippen LogP contribution >= 0.6 is 0 Å². The predicted molar refractivity (Wildman–Crippen MR) is 106 cm³/mol. The SMILES string of the molecule is CCC(=O)N1CCN(C(=O)c2cccc(S(=O)(=O)Nc3ccccc3F)c2)CC1. The number of carbonyl (C=O) groups is 2. The van der Waals surface area contributed by atoms with Gasteiger partial charge in [0.15, 0.2) is 0 Å². The van der Waals surface area contributed by atoms with Crippen LogP contribution in [0.3, 0.4) is 0 Å². The highest BCUT2D eigenvalue weighted by molar-refractivity contribution is 7.92. The molecule has 0 spiro atoms. The summed E-state index contributed by atoms with van der Waals surface area (Å²) in [5.41, 5.74) is 0.0534. The van der Waals surface area contributed by atoms with E-state index in [4.69, 9.17) is 0 Å². The topological polar surface area (TPSA) is 86.8 Å². The number of nitrogens with one attached hydrogen (secondary N) is 1. The largest absolute Gasteiger partial charge is 0.339 e. The fourth-order valence-corrected chi connectivity index (χ4v) is 4.22. The highest BCUT2D eigenvalue weighted by Gasteiger charge is 2.25. The first-order valence-corrected chi connectivity index (χ1v) is 10.7. The Kier molecular flexibility index (Phi) is 6.17. The van der Waals surface area contributed by atoms with Crippen LogP contribution in [-0.2, 0) is 14.8 Å². The molecule has 0 unspecified atom stereocenters. The van der Waals surface area contributed by atoms with Gasteiger partial charge in [0.25, 0.3) is 15.9 Å². The summed E-state index contributed by atoms with van der Waals surface area (Å²) in [6, 6.07) is 11.1. The van der Waals surface area contributed by atoms with Gasteiger partial charge >= 0.3 is 0 Å². The second-order valence-corrected chi connectivity index (χ2v) is 8.32. The van der Waals surface area contributed by atoms with Crippen LogP contribution in [0.15, 0.2) is 53.4 Å². The number of hydrogen-bond donors (Lipinski definition) is 1. The highest BCUT2D eigenvalue weighted by Crippen LogP contribution is 2.20. The van der Waals surface area contributed by atoms with Crippen LogP contribution < -0.4 is 4.72 Å². The van der Waals surface area contributed by atoms with Gasteiger partial charge in [-0.25, -0.2) is 12.8 Å². The second kappa shape index (κ2) is 8.60. The Morgan fingerprint density at radius 2 is 1.66 bits per heavy atom. The van der Waals surface area contributed by atoms with Crippen LogP contribution in [0.25, 0.3) is 0 Å². The molecule has 1 aliphatic heterocycles. The van der Waals surface area contributed by atoms with Crippen LogP contribution in [-0.4, -0.2) is 56.2 Å². The Morgan fingerprint density at radius 3 is 2.31 bits per heavy atom. The molecular formula is C20H22FN3O4S. The molecule has 0 aromatic heterocycles. The van der Waals surface area contributed by atoms with E-state index in [2.05, 4.69) is 4.72 Å². The standard InChI is InChI=1S/C20H22FN3O4S/c1-2-19(25)23-10-12-24(13-11-23)20(26)15-6-5-7-16(14-15)29(27,28)22-18-9-4-3-8-17(18)21/h3-9,14,22H,2,10-13H2,1H3. The van der Waals surface area contributed by atoms with E-state index < -0.39 is 15.8 Å². The van der Waals surface area contributed by atoms with E-state index in [1.807, 2.05) is 0 Å². The van der Waals surface area contributed by atoms with Gasteiger partial charge in [0.2, 0.25) is 5.91 Å². The van der Waals surface area contributed by atoms with Crippen molar-refractivity contribution in [3.05, 3.63) is 59.9 Å². The Morgan fingerprint density at radius 1 is 1.00 bits per heavy atom. The van der Waals surface area contributed by atoms with E-state index >= 15 is 0 Å². The summed E-state index contributed by atoms with van der Waals surface area (Å²) in [6.45, 7) is 3.46. The van der Waals surface area contributed by atoms with Gasteiger partial charge in [0, 0.05) is 38.2 Å². The Bertz CT molecular complexity index is 1020. The first-order valence-electron chi connectivity index (χ1n) is 9.26. The molecule has 154 valence electrons. The third-order valence-corrected chi connectivity index (χ3v) is 6.09. The summed E-state index contributed by atoms with van der Waals surface area (Å²) >= 11 is 0. The lowest BCUT2D eigenvalue weighted by molar-refractivity contribution is -0.132. The van der Waals surface area contributed by atoms with E-state index in [0.717, 1.165) is 6.07 Å². The molecule has 7 nitrogen and oxygen atoms in total. The summed E-state index contributed by atoms with van der Waals surface area (Å²) in [6.07, 6.45) is 0.420. The zero-order valence-corrected chi connectivity index (χ0v) is 16.8. The first-order chi connectivity index (χ1) is 13.8. The zero-order chi connectivity index (χ0) is 21.0. The van der Waals surface area contributed by atoms with Crippen molar-refractivity contribution in [2.45, 2.75) is 18.2 Å². The third-order valence-electron chi connectivity index (χ3n) is 4.73. The number of anilines is 1. The van der Waals surface area contributed by atoms with Gasteiger partial charge in [-0.05, 0) is 30.3 Å². The Hall–Kier alpha value is -2.94. The number of rotatable bonds is 5. The van der Waals surface area contributed by atoms with E-state index in [0.29, 0.717) is 32.6 Å². The van der Waals surface area contributed by atoms with Crippen molar-refractivity contribution in [2.24, 2.45) is 0 Å². The molecule has 2 aromatic carbocycles. The minimum absolute atomic E-state index is 0.0457. The van der Waals surface area contributed by atoms with Crippen molar-refractivity contribution in [1.29, 1.82) is 0 Å². The quantitative estimate of drug-likeness (QED) is 0.806. The van der Waals surface area contributed by atoms with Crippen LogP contribution in [0.2, 0.25) is 0 Å². The van der Waals surface area contributed by atoms with Gasteiger partial charge < -0.3 is 9.80 Å². The highest BCUT2D eigenvalue weighted by atomic mass is 32.2. The van der Waals surface area contributed by atoms with Gasteiger partial charge in [-0.15, -0.1) is 0 Å². The summed E-state index contributed by atoms with van der Waals surface area (Å²) < 4.78 is 41.2. The molecule has 29 heavy (non-hydrogen) atoms. The van der Waals surface area contributed by atoms with Crippen molar-refractivity contribution in [3.63, 3.8) is 0 Å². The molecule has 2 amide bonds. The Balaban J connectivity index is 1.75. The summed E-state index contributed by atoms with van der Waals surface area (Å²) in [7, 11) is -4.06. The number of nitrogens with zero attached hydrogens (tertiary/aromatic N) is 2. The molecule has 0 bridgehead atoms. The molecule has 1 aliphatic rings. The van der Waals surface area contributed by atoms with Gasteiger partial charge in [-0.2, -0.15) is 0 Å². The van der Waals surface area contributed by atoms with Gasteiger partial charge in [0.05, 0.1) is 10.6 Å². The second-order valence-electron chi connectivity index (χ2n) is 6.64. The summed E-state index contributed by atoms with van der Waals surface area (Å²) in [5.74, 6) is -0.955. The minimum atomic E-state index is -4.06. The smallest absolute Gasteiger partial charge is 0.262 e. The Labute approximate surface area is 169 Å². The summed E-state index contributed by atoms with van der Waals surface area (Å²) in [5, 5.41) is 0. The molecule has 1 fully saturated rings. The summed E-state index contributed by atoms with van der Waals surface area (Å²) in [4.78, 5) is 27.7. The molecule has 0 aliphatic carbocycles. The average Bonchev–Trinajstić information content (AvgIpc) is 2.74. The monoisotopic (exact) mass is 419 g/mol. The molecule has 1 N–H and O–H groups in total. The first kappa shape index (κ1) is 20.8. The average molecular weight is 419 g/mol. The fraction of sp³-hybridized carbons (Fsp3) is 0.300. The van der Waals surface area contributed by atoms with Gasteiger partial charge in [-0.3, -0.25) is 14.3 Å². The number of para-hydroxylation sites is 1. The minimum Gasteiger partial charge on any atom is -0.339 e. The number of sulfonamides is 1. The third kappa shape index (κ3) is 4.73. The number of piperazine rings is 1. The molecular weight excluding hydrogens is 397 g/mol. The molecule has 3 rings (SSSR count). The normalized spacial score (nSPS) is 14.6. The number of amides is 2. The van der Waals surface area contributed by atoms with Gasteiger partial charge in [-0.1, -0.05) is 25.1 Å². The maximum Gasteiger partial charge on any atom is 0.262 e. The maximum absolute atomic E-state index is 13.8. The van der Waals surface area contributed by atoms with Crippen LogP contribution in [0, 0.1) is 5.82 Å². The van der Waals surface area contributed by atoms with E-state index in [-0.39, 0.29) is 28.0 Å². The van der Waals surface area contributed by atoms with Crippen molar-refractivity contribution in [2.75, 3.05) is 30.9 Å². The maximum atomic E-state index is 13.8. The lowest BCUT2D eigenvalue weighted by Crippen LogP contribution is -2.50. The van der Waals surface area contributed by atoms with Crippen molar-refractivity contribution < 1.29 is 22.4 Å². The van der Waals surface area contributed by atoms with E-state index in [1.54, 1.807) is 16.7 Å². The van der Waals surface area contributed by atoms with Crippen molar-refractivity contribution in [3.8, 4) is 0 Å². The lowest BCUT2D eigenvalue weighted by Gasteiger charge is -2.34. The molecule has 0 atom stereocenters. The van der Waals surface area contributed by atoms with Crippen LogP contribution in [0.5, 0.6) is 0 Å². The van der Waals surface area contributed by atoms with E-state index in [1.165, 1.54) is 42.5 Å². The molecule has 1 heterocycles. The van der Waals surface area contributed by atoms with Crippen LogP contribution in [0.1, 0.15) is 23.7 Å². The molecule has 0 radical (unpaired) electrons. The molecule has 1 saturated heterocycles. The predicted octanol–water partition coefficient (Wildman–Crippen LogP) is 2.32. The molecule has 2 aromatic rings. The number of benzene rings is 2. The van der Waals surface area contributed by atoms with Crippen molar-refractivity contribution >= 4 is 27.5 Å².